The molecule has 0 saturated heterocycles. The van der Waals surface area contributed by atoms with E-state index < -0.39 is 16.1 Å². The molecule has 1 amide bonds. The molecule has 3 aromatic carbocycles. The minimum Gasteiger partial charge on any atom is -0.476 e. The van der Waals surface area contributed by atoms with Crippen molar-refractivity contribution in [3.63, 3.8) is 0 Å². The maximum absolute atomic E-state index is 13.3. The summed E-state index contributed by atoms with van der Waals surface area (Å²) < 4.78 is 33.6. The van der Waals surface area contributed by atoms with E-state index in [0.29, 0.717) is 29.4 Å². The van der Waals surface area contributed by atoms with E-state index in [1.165, 1.54) is 16.4 Å². The molecule has 1 heterocycles. The first-order valence-electron chi connectivity index (χ1n) is 9.81. The van der Waals surface area contributed by atoms with Crippen LogP contribution in [0.4, 0.5) is 5.69 Å². The molecule has 160 valence electrons. The minimum absolute atomic E-state index is 0.110. The molecule has 0 aromatic heterocycles. The minimum atomic E-state index is -3.85. The van der Waals surface area contributed by atoms with Gasteiger partial charge in [-0.15, -0.1) is 0 Å². The zero-order valence-corrected chi connectivity index (χ0v) is 18.1. The van der Waals surface area contributed by atoms with Crippen molar-refractivity contribution in [1.82, 2.24) is 5.32 Å². The molecule has 1 aliphatic heterocycles. The highest BCUT2D eigenvalue weighted by molar-refractivity contribution is 7.92. The van der Waals surface area contributed by atoms with Gasteiger partial charge in [0, 0.05) is 11.6 Å². The van der Waals surface area contributed by atoms with Gasteiger partial charge in [-0.3, -0.25) is 9.10 Å². The largest absolute Gasteiger partial charge is 0.476 e. The van der Waals surface area contributed by atoms with Crippen LogP contribution >= 0.6 is 11.6 Å². The highest BCUT2D eigenvalue weighted by atomic mass is 35.5. The molecule has 1 N–H and O–H groups in total. The number of sulfonamides is 1. The third-order valence-electron chi connectivity index (χ3n) is 4.98. The smallest absolute Gasteiger partial charge is 0.264 e. The van der Waals surface area contributed by atoms with Crippen molar-refractivity contribution in [2.75, 3.05) is 17.4 Å². The van der Waals surface area contributed by atoms with E-state index in [-0.39, 0.29) is 17.3 Å². The lowest BCUT2D eigenvalue weighted by Gasteiger charge is -2.34. The van der Waals surface area contributed by atoms with Crippen LogP contribution in [0.15, 0.2) is 83.8 Å². The molecular formula is C23H21ClN2O4S. The van der Waals surface area contributed by atoms with E-state index >= 15 is 0 Å². The first kappa shape index (κ1) is 21.2. The first-order valence-corrected chi connectivity index (χ1v) is 11.6. The molecule has 4 rings (SSSR count). The van der Waals surface area contributed by atoms with Crippen molar-refractivity contribution in [2.45, 2.75) is 17.4 Å². The van der Waals surface area contributed by atoms with Crippen LogP contribution in [0, 0.1) is 0 Å². The summed E-state index contributed by atoms with van der Waals surface area (Å²) in [5.41, 5.74) is 1.45. The summed E-state index contributed by atoms with van der Waals surface area (Å²) in [6, 6.07) is 22.4. The van der Waals surface area contributed by atoms with Crippen molar-refractivity contribution < 1.29 is 17.9 Å². The number of carbonyl (C=O) groups excluding carboxylic acids is 1. The van der Waals surface area contributed by atoms with Crippen LogP contribution in [0.25, 0.3) is 0 Å². The van der Waals surface area contributed by atoms with Gasteiger partial charge in [0.2, 0.25) is 0 Å². The highest BCUT2D eigenvalue weighted by Gasteiger charge is 2.37. The number of ether oxygens (including phenoxy) is 1. The Balaban J connectivity index is 1.51. The summed E-state index contributed by atoms with van der Waals surface area (Å²) in [6.45, 7) is 0.286. The molecule has 0 fully saturated rings. The Hall–Kier alpha value is -3.03. The number of amides is 1. The van der Waals surface area contributed by atoms with Crippen LogP contribution in [0.1, 0.15) is 5.56 Å². The highest BCUT2D eigenvalue weighted by Crippen LogP contribution is 2.36. The van der Waals surface area contributed by atoms with Gasteiger partial charge in [0.15, 0.2) is 6.10 Å². The Morgan fingerprint density at radius 3 is 2.42 bits per heavy atom. The van der Waals surface area contributed by atoms with Crippen LogP contribution in [-0.2, 0) is 21.2 Å². The number of benzene rings is 3. The fourth-order valence-corrected chi connectivity index (χ4v) is 5.00. The summed E-state index contributed by atoms with van der Waals surface area (Å²) in [5.74, 6) is -0.0113. The van der Waals surface area contributed by atoms with Crippen LogP contribution < -0.4 is 14.4 Å². The molecule has 31 heavy (non-hydrogen) atoms. The Morgan fingerprint density at radius 1 is 1.00 bits per heavy atom. The van der Waals surface area contributed by atoms with Crippen LogP contribution in [0.5, 0.6) is 5.75 Å². The molecule has 1 atom stereocenters. The molecule has 0 spiro atoms. The number of anilines is 1. The van der Waals surface area contributed by atoms with Crippen LogP contribution in [0.2, 0.25) is 5.02 Å². The van der Waals surface area contributed by atoms with Gasteiger partial charge in [0.25, 0.3) is 15.9 Å². The van der Waals surface area contributed by atoms with Gasteiger partial charge in [0.05, 0.1) is 17.1 Å². The van der Waals surface area contributed by atoms with Gasteiger partial charge >= 0.3 is 0 Å². The lowest BCUT2D eigenvalue weighted by molar-refractivity contribution is -0.127. The number of rotatable bonds is 6. The maximum Gasteiger partial charge on any atom is 0.264 e. The zero-order valence-electron chi connectivity index (χ0n) is 16.6. The summed E-state index contributed by atoms with van der Waals surface area (Å²) in [4.78, 5) is 12.9. The van der Waals surface area contributed by atoms with Crippen molar-refractivity contribution in [3.8, 4) is 5.75 Å². The molecule has 3 aromatic rings. The number of fused-ring (bicyclic) bond motifs is 1. The molecule has 0 bridgehead atoms. The second-order valence-corrected chi connectivity index (χ2v) is 9.39. The maximum atomic E-state index is 13.3. The third kappa shape index (κ3) is 4.68. The summed E-state index contributed by atoms with van der Waals surface area (Å²) in [5, 5.41) is 3.49. The molecule has 0 saturated carbocycles. The second kappa shape index (κ2) is 8.99. The molecule has 8 heteroatoms. The molecule has 0 radical (unpaired) electrons. The number of carbonyl (C=O) groups is 1. The number of para-hydroxylation sites is 2. The third-order valence-corrected chi connectivity index (χ3v) is 7.03. The lowest BCUT2D eigenvalue weighted by atomic mass is 10.1. The molecular weight excluding hydrogens is 436 g/mol. The number of hydrogen-bond donors (Lipinski definition) is 1. The average molecular weight is 457 g/mol. The van der Waals surface area contributed by atoms with Gasteiger partial charge in [-0.25, -0.2) is 8.42 Å². The quantitative estimate of drug-likeness (QED) is 0.614. The monoisotopic (exact) mass is 456 g/mol. The number of halogens is 1. The predicted octanol–water partition coefficient (Wildman–Crippen LogP) is 3.66. The summed E-state index contributed by atoms with van der Waals surface area (Å²) >= 11 is 5.89. The Labute approximate surface area is 186 Å². The summed E-state index contributed by atoms with van der Waals surface area (Å²) in [6.07, 6.45) is -0.336. The fourth-order valence-electron chi connectivity index (χ4n) is 3.38. The van der Waals surface area contributed by atoms with Gasteiger partial charge in [-0.05, 0) is 48.4 Å². The predicted molar refractivity (Wildman–Crippen MR) is 120 cm³/mol. The van der Waals surface area contributed by atoms with Gasteiger partial charge < -0.3 is 10.1 Å². The average Bonchev–Trinajstić information content (AvgIpc) is 2.80. The van der Waals surface area contributed by atoms with Crippen molar-refractivity contribution >= 4 is 33.2 Å². The van der Waals surface area contributed by atoms with E-state index in [0.717, 1.165) is 5.56 Å². The Bertz CT molecular complexity index is 1170. The standard InChI is InChI=1S/C23H21ClN2O4S/c24-18-12-10-17(11-13-18)14-15-25-23(27)22-16-26(20-8-4-5-9-21(20)30-22)31(28,29)19-6-2-1-3-7-19/h1-13,22H,14-16H2,(H,25,27)/t22-/m0/s1. The lowest BCUT2D eigenvalue weighted by Crippen LogP contribution is -2.50. The van der Waals surface area contributed by atoms with Crippen LogP contribution in [0.3, 0.4) is 0 Å². The van der Waals surface area contributed by atoms with Gasteiger partial charge in [-0.1, -0.05) is 54.1 Å². The van der Waals surface area contributed by atoms with Crippen molar-refractivity contribution in [3.05, 3.63) is 89.4 Å². The molecule has 0 unspecified atom stereocenters. The number of nitrogens with zero attached hydrogens (tertiary/aromatic N) is 1. The van der Waals surface area contributed by atoms with Crippen LogP contribution in [-0.4, -0.2) is 33.5 Å². The number of hydrogen-bond acceptors (Lipinski definition) is 4. The topological polar surface area (TPSA) is 75.7 Å². The normalized spacial score (nSPS) is 15.6. The molecule has 0 aliphatic carbocycles. The fraction of sp³-hybridized carbons (Fsp3) is 0.174. The Kier molecular flexibility index (Phi) is 6.15. The van der Waals surface area contributed by atoms with E-state index in [9.17, 15) is 13.2 Å². The second-order valence-electron chi connectivity index (χ2n) is 7.09. The Morgan fingerprint density at radius 2 is 1.68 bits per heavy atom. The van der Waals surface area contributed by atoms with E-state index in [1.807, 2.05) is 12.1 Å². The molecule has 1 aliphatic rings. The van der Waals surface area contributed by atoms with Crippen molar-refractivity contribution in [2.24, 2.45) is 0 Å². The SMILES string of the molecule is O=C(NCCc1ccc(Cl)cc1)[C@@H]1CN(S(=O)(=O)c2ccccc2)c2ccccc2O1. The van der Waals surface area contributed by atoms with E-state index in [1.54, 1.807) is 54.6 Å². The van der Waals surface area contributed by atoms with Crippen molar-refractivity contribution in [1.29, 1.82) is 0 Å². The van der Waals surface area contributed by atoms with Gasteiger partial charge in [-0.2, -0.15) is 0 Å². The molecule has 6 nitrogen and oxygen atoms in total. The van der Waals surface area contributed by atoms with E-state index in [2.05, 4.69) is 5.32 Å². The zero-order chi connectivity index (χ0) is 21.8. The summed E-state index contributed by atoms with van der Waals surface area (Å²) in [7, 11) is -3.85. The number of nitrogens with one attached hydrogen (secondary N) is 1. The van der Waals surface area contributed by atoms with Gasteiger partial charge in [0.1, 0.15) is 5.75 Å². The first-order chi connectivity index (χ1) is 14.9. The van der Waals surface area contributed by atoms with E-state index in [4.69, 9.17) is 16.3 Å².